The molecule has 0 spiro atoms. The molecule has 1 aromatic heterocycles. The molecule has 0 unspecified atom stereocenters. The van der Waals surface area contributed by atoms with Crippen LogP contribution in [0, 0.1) is 5.92 Å². The quantitative estimate of drug-likeness (QED) is 0.785. The maximum atomic E-state index is 6.33. The van der Waals surface area contributed by atoms with Gasteiger partial charge in [0.1, 0.15) is 5.82 Å². The van der Waals surface area contributed by atoms with E-state index in [2.05, 4.69) is 17.2 Å². The van der Waals surface area contributed by atoms with Crippen LogP contribution in [0.15, 0.2) is 30.5 Å². The second kappa shape index (κ2) is 6.35. The van der Waals surface area contributed by atoms with Crippen LogP contribution in [-0.2, 0) is 0 Å². The van der Waals surface area contributed by atoms with Crippen molar-refractivity contribution >= 4 is 34.7 Å². The Morgan fingerprint density at radius 3 is 2.68 bits per heavy atom. The van der Waals surface area contributed by atoms with E-state index < -0.39 is 0 Å². The summed E-state index contributed by atoms with van der Waals surface area (Å²) in [5.74, 6) is 1.48. The Kier molecular flexibility index (Phi) is 4.46. The van der Waals surface area contributed by atoms with Gasteiger partial charge in [-0.2, -0.15) is 0 Å². The Labute approximate surface area is 140 Å². The van der Waals surface area contributed by atoms with E-state index in [4.69, 9.17) is 28.9 Å². The summed E-state index contributed by atoms with van der Waals surface area (Å²) in [6, 6.07) is 7.75. The molecule has 3 N–H and O–H groups in total. The second-order valence-electron chi connectivity index (χ2n) is 5.74. The van der Waals surface area contributed by atoms with Crippen molar-refractivity contribution in [2.75, 3.05) is 11.1 Å². The average Bonchev–Trinajstić information content (AvgIpc) is 3.32. The Hall–Kier alpha value is -1.45. The third-order valence-electron chi connectivity index (χ3n) is 4.16. The number of anilines is 2. The Morgan fingerprint density at radius 2 is 2.05 bits per heavy atom. The first kappa shape index (κ1) is 15.4. The fourth-order valence-corrected chi connectivity index (χ4v) is 3.27. The van der Waals surface area contributed by atoms with Crippen LogP contribution in [0.5, 0.6) is 0 Å². The zero-order chi connectivity index (χ0) is 15.7. The van der Waals surface area contributed by atoms with E-state index >= 15 is 0 Å². The number of pyridine rings is 1. The third kappa shape index (κ3) is 3.16. The van der Waals surface area contributed by atoms with Gasteiger partial charge in [0.15, 0.2) is 0 Å². The Morgan fingerprint density at radius 1 is 1.27 bits per heavy atom. The maximum Gasteiger partial charge on any atom is 0.150 e. The van der Waals surface area contributed by atoms with Crippen LogP contribution >= 0.6 is 23.2 Å². The third-order valence-corrected chi connectivity index (χ3v) is 4.71. The number of nitrogens with zero attached hydrogens (tertiary/aromatic N) is 1. The van der Waals surface area contributed by atoms with Crippen LogP contribution in [0.4, 0.5) is 11.5 Å². The number of halogens is 2. The lowest BCUT2D eigenvalue weighted by Gasteiger charge is -2.19. The summed E-state index contributed by atoms with van der Waals surface area (Å²) in [6.07, 6.45) is 5.40. The molecule has 1 aliphatic carbocycles. The summed E-state index contributed by atoms with van der Waals surface area (Å²) < 4.78 is 0. The van der Waals surface area contributed by atoms with Crippen LogP contribution in [0.2, 0.25) is 10.0 Å². The van der Waals surface area contributed by atoms with Gasteiger partial charge in [-0.25, -0.2) is 4.98 Å². The zero-order valence-electron chi connectivity index (χ0n) is 12.4. The summed E-state index contributed by atoms with van der Waals surface area (Å²) in [4.78, 5) is 4.40. The Balaban J connectivity index is 1.94. The number of benzene rings is 1. The molecular formula is C17H19Cl2N3. The summed E-state index contributed by atoms with van der Waals surface area (Å²) in [7, 11) is 0. The van der Waals surface area contributed by atoms with Crippen molar-refractivity contribution in [3.63, 3.8) is 0 Å². The molecule has 1 fully saturated rings. The predicted molar refractivity (Wildman–Crippen MR) is 94.5 cm³/mol. The fraction of sp³-hybridized carbons (Fsp3) is 0.353. The van der Waals surface area contributed by atoms with Gasteiger partial charge in [-0.3, -0.25) is 0 Å². The number of nitrogens with two attached hydrogens (primary N) is 1. The SMILES string of the molecule is CC[C@H](Nc1nccc(-c2ccc(Cl)cc2Cl)c1N)C1CC1. The number of hydrogen-bond donors (Lipinski definition) is 2. The van der Waals surface area contributed by atoms with Crippen LogP contribution in [0.25, 0.3) is 11.1 Å². The standard InChI is InChI=1S/C17H19Cl2N3/c1-2-15(10-3-4-10)22-17-16(20)13(7-8-21-17)12-6-5-11(18)9-14(12)19/h5-10,15H,2-4,20H2,1H3,(H,21,22)/t15-/m0/s1. The van der Waals surface area contributed by atoms with E-state index in [1.807, 2.05) is 18.2 Å². The minimum atomic E-state index is 0.436. The van der Waals surface area contributed by atoms with E-state index in [-0.39, 0.29) is 0 Å². The smallest absolute Gasteiger partial charge is 0.150 e. The highest BCUT2D eigenvalue weighted by Gasteiger charge is 2.30. The van der Waals surface area contributed by atoms with Crippen LogP contribution in [0.1, 0.15) is 26.2 Å². The molecule has 1 aliphatic rings. The van der Waals surface area contributed by atoms with Gasteiger partial charge in [0.2, 0.25) is 0 Å². The molecule has 0 radical (unpaired) electrons. The van der Waals surface area contributed by atoms with Crippen molar-refractivity contribution in [1.82, 2.24) is 4.98 Å². The van der Waals surface area contributed by atoms with Crippen molar-refractivity contribution in [2.45, 2.75) is 32.2 Å². The van der Waals surface area contributed by atoms with Crippen molar-refractivity contribution in [1.29, 1.82) is 0 Å². The van der Waals surface area contributed by atoms with Gasteiger partial charge in [0.25, 0.3) is 0 Å². The van der Waals surface area contributed by atoms with Gasteiger partial charge in [0, 0.05) is 33.4 Å². The van der Waals surface area contributed by atoms with Gasteiger partial charge in [-0.1, -0.05) is 36.2 Å². The first-order chi connectivity index (χ1) is 10.6. The molecule has 0 amide bonds. The van der Waals surface area contributed by atoms with Crippen LogP contribution in [0.3, 0.4) is 0 Å². The monoisotopic (exact) mass is 335 g/mol. The highest BCUT2D eigenvalue weighted by atomic mass is 35.5. The van der Waals surface area contributed by atoms with Crippen LogP contribution in [-0.4, -0.2) is 11.0 Å². The minimum absolute atomic E-state index is 0.436. The van der Waals surface area contributed by atoms with Crippen LogP contribution < -0.4 is 11.1 Å². The molecule has 1 aromatic carbocycles. The summed E-state index contributed by atoms with van der Waals surface area (Å²) in [5.41, 5.74) is 8.71. The second-order valence-corrected chi connectivity index (χ2v) is 6.59. The van der Waals surface area contributed by atoms with Crippen molar-refractivity contribution in [3.8, 4) is 11.1 Å². The van der Waals surface area contributed by atoms with Crippen molar-refractivity contribution in [2.24, 2.45) is 5.92 Å². The molecule has 1 atom stereocenters. The number of nitrogens with one attached hydrogen (secondary N) is 1. The molecule has 2 aromatic rings. The molecular weight excluding hydrogens is 317 g/mol. The number of hydrogen-bond acceptors (Lipinski definition) is 3. The molecule has 0 aliphatic heterocycles. The minimum Gasteiger partial charge on any atom is -0.395 e. The lowest BCUT2D eigenvalue weighted by molar-refractivity contribution is 0.614. The molecule has 3 rings (SSSR count). The molecule has 5 heteroatoms. The largest absolute Gasteiger partial charge is 0.395 e. The topological polar surface area (TPSA) is 50.9 Å². The highest BCUT2D eigenvalue weighted by molar-refractivity contribution is 6.36. The molecule has 1 saturated carbocycles. The summed E-state index contributed by atoms with van der Waals surface area (Å²) in [6.45, 7) is 2.19. The van der Waals surface area contributed by atoms with E-state index in [9.17, 15) is 0 Å². The molecule has 0 saturated heterocycles. The van der Waals surface area contributed by atoms with Gasteiger partial charge >= 0.3 is 0 Å². The lowest BCUT2D eigenvalue weighted by Crippen LogP contribution is -2.22. The fourth-order valence-electron chi connectivity index (χ4n) is 2.76. The predicted octanol–water partition coefficient (Wildman–Crippen LogP) is 5.24. The molecule has 3 nitrogen and oxygen atoms in total. The van der Waals surface area contributed by atoms with Gasteiger partial charge in [-0.05, 0) is 43.4 Å². The first-order valence-electron chi connectivity index (χ1n) is 7.56. The average molecular weight is 336 g/mol. The molecule has 22 heavy (non-hydrogen) atoms. The van der Waals surface area contributed by atoms with Crippen molar-refractivity contribution in [3.05, 3.63) is 40.5 Å². The zero-order valence-corrected chi connectivity index (χ0v) is 14.0. The van der Waals surface area contributed by atoms with Gasteiger partial charge < -0.3 is 11.1 Å². The van der Waals surface area contributed by atoms with Gasteiger partial charge in [-0.15, -0.1) is 0 Å². The van der Waals surface area contributed by atoms with E-state index in [1.165, 1.54) is 12.8 Å². The number of rotatable bonds is 5. The summed E-state index contributed by atoms with van der Waals surface area (Å²) >= 11 is 12.3. The lowest BCUT2D eigenvalue weighted by atomic mass is 10.0. The number of aromatic nitrogens is 1. The van der Waals surface area contributed by atoms with Crippen molar-refractivity contribution < 1.29 is 0 Å². The maximum absolute atomic E-state index is 6.33. The van der Waals surface area contributed by atoms with Gasteiger partial charge in [0.05, 0.1) is 5.69 Å². The first-order valence-corrected chi connectivity index (χ1v) is 8.32. The molecule has 1 heterocycles. The number of nitrogen functional groups attached to an aromatic ring is 1. The highest BCUT2D eigenvalue weighted by Crippen LogP contribution is 2.39. The normalized spacial score (nSPS) is 15.6. The van der Waals surface area contributed by atoms with E-state index in [0.29, 0.717) is 21.8 Å². The molecule has 0 bridgehead atoms. The Bertz CT molecular complexity index is 684. The van der Waals surface area contributed by atoms with E-state index in [1.54, 1.807) is 12.3 Å². The van der Waals surface area contributed by atoms with E-state index in [0.717, 1.165) is 29.3 Å². The summed E-state index contributed by atoms with van der Waals surface area (Å²) in [5, 5.41) is 4.69. The molecule has 116 valence electrons.